The van der Waals surface area contributed by atoms with E-state index in [0.717, 1.165) is 5.69 Å². The Kier molecular flexibility index (Phi) is 2.66. The molecule has 3 rings (SSSR count). The summed E-state index contributed by atoms with van der Waals surface area (Å²) in [6.07, 6.45) is 1.69. The second-order valence-electron chi connectivity index (χ2n) is 5.19. The summed E-state index contributed by atoms with van der Waals surface area (Å²) in [6, 6.07) is 8.13. The first-order chi connectivity index (χ1) is 9.08. The number of hydrogen-bond donors (Lipinski definition) is 0. The lowest BCUT2D eigenvalue weighted by Gasteiger charge is -2.32. The second-order valence-corrected chi connectivity index (χ2v) is 5.19. The molecule has 1 aromatic heterocycles. The van der Waals surface area contributed by atoms with Crippen LogP contribution in [0.3, 0.4) is 0 Å². The SMILES string of the molecule is Cc1ccc(N2C[C@H](C)n3nccc3C2=O)cc1C. The fourth-order valence-corrected chi connectivity index (χ4v) is 2.51. The molecule has 0 bridgehead atoms. The highest BCUT2D eigenvalue weighted by molar-refractivity contribution is 6.05. The molecule has 19 heavy (non-hydrogen) atoms. The van der Waals surface area contributed by atoms with Gasteiger partial charge in [0.15, 0.2) is 0 Å². The molecule has 0 fully saturated rings. The zero-order valence-corrected chi connectivity index (χ0v) is 11.4. The van der Waals surface area contributed by atoms with Crippen molar-refractivity contribution in [1.29, 1.82) is 0 Å². The van der Waals surface area contributed by atoms with Gasteiger partial charge in [0.1, 0.15) is 5.69 Å². The molecule has 4 nitrogen and oxygen atoms in total. The van der Waals surface area contributed by atoms with Crippen LogP contribution in [-0.2, 0) is 0 Å². The summed E-state index contributed by atoms with van der Waals surface area (Å²) in [7, 11) is 0. The lowest BCUT2D eigenvalue weighted by Crippen LogP contribution is -2.42. The minimum atomic E-state index is 0.0267. The lowest BCUT2D eigenvalue weighted by atomic mass is 10.1. The Hall–Kier alpha value is -2.10. The lowest BCUT2D eigenvalue weighted by molar-refractivity contribution is 0.0953. The molecule has 1 aromatic carbocycles. The van der Waals surface area contributed by atoms with Crippen LogP contribution in [-0.4, -0.2) is 22.2 Å². The zero-order valence-electron chi connectivity index (χ0n) is 11.4. The Labute approximate surface area is 112 Å². The summed E-state index contributed by atoms with van der Waals surface area (Å²) >= 11 is 0. The summed E-state index contributed by atoms with van der Waals surface area (Å²) < 4.78 is 1.81. The molecule has 1 amide bonds. The highest BCUT2D eigenvalue weighted by Crippen LogP contribution is 2.26. The van der Waals surface area contributed by atoms with Gasteiger partial charge in [-0.25, -0.2) is 0 Å². The second kappa shape index (κ2) is 4.23. The summed E-state index contributed by atoms with van der Waals surface area (Å²) in [5, 5.41) is 4.22. The monoisotopic (exact) mass is 255 g/mol. The average Bonchev–Trinajstić information content (AvgIpc) is 2.87. The number of hydrogen-bond acceptors (Lipinski definition) is 2. The number of nitrogens with zero attached hydrogens (tertiary/aromatic N) is 3. The van der Waals surface area contributed by atoms with Gasteiger partial charge in [0.2, 0.25) is 0 Å². The van der Waals surface area contributed by atoms with Crippen LogP contribution in [0.1, 0.15) is 34.6 Å². The summed E-state index contributed by atoms with van der Waals surface area (Å²) in [5.41, 5.74) is 4.08. The number of rotatable bonds is 1. The van der Waals surface area contributed by atoms with Crippen molar-refractivity contribution >= 4 is 11.6 Å². The molecule has 1 atom stereocenters. The van der Waals surface area contributed by atoms with E-state index in [1.165, 1.54) is 11.1 Å². The van der Waals surface area contributed by atoms with Crippen LogP contribution in [0.25, 0.3) is 0 Å². The standard InChI is InChI=1S/C15H17N3O/c1-10-4-5-13(8-11(10)2)17-9-12(3)18-14(15(17)19)6-7-16-18/h4-8,12H,9H2,1-3H3/t12-/m0/s1. The Bertz CT molecular complexity index is 645. The smallest absolute Gasteiger partial charge is 0.276 e. The number of aryl methyl sites for hydroxylation is 2. The van der Waals surface area contributed by atoms with Gasteiger partial charge in [-0.1, -0.05) is 6.07 Å². The van der Waals surface area contributed by atoms with E-state index in [1.54, 1.807) is 16.9 Å². The van der Waals surface area contributed by atoms with Crippen LogP contribution in [0.15, 0.2) is 30.5 Å². The Morgan fingerprint density at radius 3 is 2.74 bits per heavy atom. The molecule has 98 valence electrons. The number of benzene rings is 1. The maximum absolute atomic E-state index is 12.5. The minimum Gasteiger partial charge on any atom is -0.305 e. The third-order valence-corrected chi connectivity index (χ3v) is 3.80. The quantitative estimate of drug-likeness (QED) is 0.785. The first-order valence-corrected chi connectivity index (χ1v) is 6.50. The van der Waals surface area contributed by atoms with Crippen molar-refractivity contribution in [2.45, 2.75) is 26.8 Å². The van der Waals surface area contributed by atoms with E-state index in [4.69, 9.17) is 0 Å². The van der Waals surface area contributed by atoms with E-state index in [9.17, 15) is 4.79 Å². The fourth-order valence-electron chi connectivity index (χ4n) is 2.51. The van der Waals surface area contributed by atoms with Crippen LogP contribution in [0, 0.1) is 13.8 Å². The highest BCUT2D eigenvalue weighted by atomic mass is 16.2. The van der Waals surface area contributed by atoms with Crippen molar-refractivity contribution in [2.75, 3.05) is 11.4 Å². The van der Waals surface area contributed by atoms with Gasteiger partial charge in [-0.05, 0) is 50.1 Å². The number of carbonyl (C=O) groups excluding carboxylic acids is 1. The first kappa shape index (κ1) is 12.0. The molecule has 0 saturated carbocycles. The predicted octanol–water partition coefficient (Wildman–Crippen LogP) is 2.72. The van der Waals surface area contributed by atoms with E-state index in [1.807, 2.05) is 11.0 Å². The molecular weight excluding hydrogens is 238 g/mol. The molecule has 0 unspecified atom stereocenters. The van der Waals surface area contributed by atoms with Crippen LogP contribution >= 0.6 is 0 Å². The van der Waals surface area contributed by atoms with Crippen molar-refractivity contribution < 1.29 is 4.79 Å². The molecule has 1 aliphatic rings. The summed E-state index contributed by atoms with van der Waals surface area (Å²) in [6.45, 7) is 6.89. The third-order valence-electron chi connectivity index (χ3n) is 3.80. The molecule has 4 heteroatoms. The maximum atomic E-state index is 12.5. The van der Waals surface area contributed by atoms with Crippen LogP contribution in [0.2, 0.25) is 0 Å². The molecular formula is C15H17N3O. The Morgan fingerprint density at radius 2 is 2.00 bits per heavy atom. The van der Waals surface area contributed by atoms with Crippen molar-refractivity contribution in [3.8, 4) is 0 Å². The van der Waals surface area contributed by atoms with Gasteiger partial charge in [0.05, 0.1) is 6.04 Å². The van der Waals surface area contributed by atoms with E-state index in [2.05, 4.69) is 38.0 Å². The average molecular weight is 255 g/mol. The third kappa shape index (κ3) is 1.84. The zero-order chi connectivity index (χ0) is 13.6. The molecule has 0 saturated heterocycles. The normalized spacial score (nSPS) is 18.6. The van der Waals surface area contributed by atoms with Gasteiger partial charge < -0.3 is 4.90 Å². The number of fused-ring (bicyclic) bond motifs is 1. The Balaban J connectivity index is 2.03. The van der Waals surface area contributed by atoms with Gasteiger partial charge in [-0.3, -0.25) is 9.48 Å². The van der Waals surface area contributed by atoms with Gasteiger partial charge in [-0.2, -0.15) is 5.10 Å². The van der Waals surface area contributed by atoms with Gasteiger partial charge in [0, 0.05) is 18.4 Å². The van der Waals surface area contributed by atoms with Crippen LogP contribution in [0.5, 0.6) is 0 Å². The molecule has 0 N–H and O–H groups in total. The van der Waals surface area contributed by atoms with Crippen molar-refractivity contribution in [1.82, 2.24) is 9.78 Å². The van der Waals surface area contributed by atoms with E-state index in [0.29, 0.717) is 12.2 Å². The number of carbonyl (C=O) groups is 1. The largest absolute Gasteiger partial charge is 0.305 e. The molecule has 0 radical (unpaired) electrons. The molecule has 2 heterocycles. The van der Waals surface area contributed by atoms with Crippen molar-refractivity contribution in [3.05, 3.63) is 47.3 Å². The predicted molar refractivity (Wildman–Crippen MR) is 74.5 cm³/mol. The molecule has 1 aliphatic heterocycles. The number of amides is 1. The Morgan fingerprint density at radius 1 is 1.21 bits per heavy atom. The molecule has 0 spiro atoms. The van der Waals surface area contributed by atoms with Crippen molar-refractivity contribution in [3.63, 3.8) is 0 Å². The van der Waals surface area contributed by atoms with Crippen LogP contribution < -0.4 is 4.90 Å². The summed E-state index contributed by atoms with van der Waals surface area (Å²) in [4.78, 5) is 14.3. The van der Waals surface area contributed by atoms with Gasteiger partial charge >= 0.3 is 0 Å². The van der Waals surface area contributed by atoms with Gasteiger partial charge in [-0.15, -0.1) is 0 Å². The van der Waals surface area contributed by atoms with E-state index >= 15 is 0 Å². The molecule has 2 aromatic rings. The first-order valence-electron chi connectivity index (χ1n) is 6.50. The fraction of sp³-hybridized carbons (Fsp3) is 0.333. The molecule has 0 aliphatic carbocycles. The van der Waals surface area contributed by atoms with Crippen LogP contribution in [0.4, 0.5) is 5.69 Å². The maximum Gasteiger partial charge on any atom is 0.276 e. The highest BCUT2D eigenvalue weighted by Gasteiger charge is 2.30. The number of aromatic nitrogens is 2. The summed E-state index contributed by atoms with van der Waals surface area (Å²) in [5.74, 6) is 0.0267. The van der Waals surface area contributed by atoms with E-state index < -0.39 is 0 Å². The minimum absolute atomic E-state index is 0.0267. The van der Waals surface area contributed by atoms with Gasteiger partial charge in [0.25, 0.3) is 5.91 Å². The van der Waals surface area contributed by atoms with Crippen molar-refractivity contribution in [2.24, 2.45) is 0 Å². The number of anilines is 1. The van der Waals surface area contributed by atoms with E-state index in [-0.39, 0.29) is 11.9 Å². The topological polar surface area (TPSA) is 38.1 Å².